The molecule has 0 unspecified atom stereocenters. The molecule has 2 N–H and O–H groups in total. The molecule has 0 aliphatic carbocycles. The predicted octanol–water partition coefficient (Wildman–Crippen LogP) is 3.94. The molecule has 0 saturated heterocycles. The number of halogens is 2. The van der Waals surface area contributed by atoms with Crippen LogP contribution in [-0.4, -0.2) is 19.5 Å². The molecule has 0 atom stereocenters. The largest absolute Gasteiger partial charge is 0.360 e. The van der Waals surface area contributed by atoms with Crippen molar-refractivity contribution in [2.45, 2.75) is 11.8 Å². The molecule has 0 radical (unpaired) electrons. The van der Waals surface area contributed by atoms with E-state index in [1.54, 1.807) is 13.0 Å². The Kier molecular flexibility index (Phi) is 5.29. The Hall–Kier alpha value is -2.72. The van der Waals surface area contributed by atoms with Gasteiger partial charge in [0.15, 0.2) is 5.82 Å². The number of hydrogen-bond acceptors (Lipinski definition) is 5. The molecular formula is C17H13BrFN3O4S. The summed E-state index contributed by atoms with van der Waals surface area (Å²) in [4.78, 5) is 12.1. The van der Waals surface area contributed by atoms with Gasteiger partial charge in [0.1, 0.15) is 11.6 Å². The maximum atomic E-state index is 13.8. The third-order valence-corrected chi connectivity index (χ3v) is 5.33. The molecule has 0 bridgehead atoms. The minimum absolute atomic E-state index is 0.0315. The molecule has 27 heavy (non-hydrogen) atoms. The van der Waals surface area contributed by atoms with Crippen molar-refractivity contribution < 1.29 is 22.1 Å². The summed E-state index contributed by atoms with van der Waals surface area (Å²) >= 11 is 3.12. The average molecular weight is 454 g/mol. The number of rotatable bonds is 5. The molecule has 1 heterocycles. The van der Waals surface area contributed by atoms with Crippen molar-refractivity contribution in [1.82, 2.24) is 5.16 Å². The number of anilines is 2. The van der Waals surface area contributed by atoms with Crippen LogP contribution in [0.2, 0.25) is 0 Å². The molecule has 1 amide bonds. The van der Waals surface area contributed by atoms with E-state index >= 15 is 0 Å². The Bertz CT molecular complexity index is 1100. The van der Waals surface area contributed by atoms with Gasteiger partial charge in [-0.1, -0.05) is 21.1 Å². The predicted molar refractivity (Wildman–Crippen MR) is 101 cm³/mol. The fraction of sp³-hybridized carbons (Fsp3) is 0.0588. The van der Waals surface area contributed by atoms with Gasteiger partial charge in [-0.2, -0.15) is 0 Å². The lowest BCUT2D eigenvalue weighted by atomic mass is 10.2. The maximum Gasteiger partial charge on any atom is 0.263 e. The van der Waals surface area contributed by atoms with E-state index in [2.05, 4.69) is 31.1 Å². The van der Waals surface area contributed by atoms with Crippen LogP contribution in [0.4, 0.5) is 15.9 Å². The summed E-state index contributed by atoms with van der Waals surface area (Å²) in [5.41, 5.74) is 0.191. The normalized spacial score (nSPS) is 11.2. The van der Waals surface area contributed by atoms with Gasteiger partial charge < -0.3 is 9.84 Å². The monoisotopic (exact) mass is 453 g/mol. The van der Waals surface area contributed by atoms with Crippen LogP contribution < -0.4 is 10.0 Å². The molecule has 2 aromatic carbocycles. The third-order valence-electron chi connectivity index (χ3n) is 3.47. The van der Waals surface area contributed by atoms with Crippen LogP contribution in [0.25, 0.3) is 0 Å². The highest BCUT2D eigenvalue weighted by molar-refractivity contribution is 9.10. The van der Waals surface area contributed by atoms with Crippen LogP contribution in [0.1, 0.15) is 16.1 Å². The first kappa shape index (κ1) is 19.1. The topological polar surface area (TPSA) is 101 Å². The highest BCUT2D eigenvalue weighted by Gasteiger charge is 2.17. The summed E-state index contributed by atoms with van der Waals surface area (Å²) in [6.07, 6.45) is 0. The molecular weight excluding hydrogens is 441 g/mol. The number of carbonyl (C=O) groups excluding carboxylic acids is 1. The zero-order valence-electron chi connectivity index (χ0n) is 13.9. The second kappa shape index (κ2) is 7.49. The highest BCUT2D eigenvalue weighted by atomic mass is 79.9. The third kappa shape index (κ3) is 4.52. The number of nitrogens with zero attached hydrogens (tertiary/aromatic N) is 1. The highest BCUT2D eigenvalue weighted by Crippen LogP contribution is 2.20. The molecule has 0 aliphatic heterocycles. The Balaban J connectivity index is 1.74. The Labute approximate surface area is 162 Å². The molecule has 140 valence electrons. The first-order valence-electron chi connectivity index (χ1n) is 7.57. The van der Waals surface area contributed by atoms with Crippen molar-refractivity contribution in [2.24, 2.45) is 0 Å². The minimum Gasteiger partial charge on any atom is -0.360 e. The van der Waals surface area contributed by atoms with E-state index in [9.17, 15) is 17.6 Å². The van der Waals surface area contributed by atoms with E-state index in [-0.39, 0.29) is 16.3 Å². The summed E-state index contributed by atoms with van der Waals surface area (Å²) in [6.45, 7) is 1.64. The van der Waals surface area contributed by atoms with Crippen LogP contribution >= 0.6 is 15.9 Å². The Morgan fingerprint density at radius 1 is 1.15 bits per heavy atom. The van der Waals surface area contributed by atoms with Gasteiger partial charge in [0.25, 0.3) is 15.9 Å². The van der Waals surface area contributed by atoms with Crippen molar-refractivity contribution in [3.05, 3.63) is 70.1 Å². The molecule has 0 aliphatic rings. The molecule has 10 heteroatoms. The summed E-state index contributed by atoms with van der Waals surface area (Å²) in [7, 11) is -3.86. The lowest BCUT2D eigenvalue weighted by molar-refractivity contribution is 0.102. The number of aryl methyl sites for hydroxylation is 1. The number of sulfonamides is 1. The smallest absolute Gasteiger partial charge is 0.263 e. The molecule has 0 fully saturated rings. The molecule has 3 aromatic rings. The summed E-state index contributed by atoms with van der Waals surface area (Å²) in [5.74, 6) is -0.790. The van der Waals surface area contributed by atoms with E-state index in [4.69, 9.17) is 4.52 Å². The van der Waals surface area contributed by atoms with Gasteiger partial charge >= 0.3 is 0 Å². The second-order valence-electron chi connectivity index (χ2n) is 5.53. The summed E-state index contributed by atoms with van der Waals surface area (Å²) < 4.78 is 46.1. The zero-order chi connectivity index (χ0) is 19.6. The molecule has 0 spiro atoms. The van der Waals surface area contributed by atoms with Gasteiger partial charge in [0.05, 0.1) is 10.5 Å². The van der Waals surface area contributed by atoms with E-state index in [1.165, 1.54) is 42.5 Å². The van der Waals surface area contributed by atoms with Crippen molar-refractivity contribution in [3.8, 4) is 0 Å². The van der Waals surface area contributed by atoms with Crippen LogP contribution in [0.5, 0.6) is 0 Å². The van der Waals surface area contributed by atoms with Gasteiger partial charge in [-0.25, -0.2) is 12.8 Å². The van der Waals surface area contributed by atoms with Crippen molar-refractivity contribution in [3.63, 3.8) is 0 Å². The van der Waals surface area contributed by atoms with Crippen molar-refractivity contribution in [2.75, 3.05) is 10.0 Å². The Morgan fingerprint density at radius 2 is 1.85 bits per heavy atom. The molecule has 0 saturated carbocycles. The van der Waals surface area contributed by atoms with E-state index in [1.807, 2.05) is 0 Å². The van der Waals surface area contributed by atoms with Gasteiger partial charge in [0, 0.05) is 16.2 Å². The van der Waals surface area contributed by atoms with E-state index in [0.29, 0.717) is 15.9 Å². The molecule has 1 aromatic heterocycles. The first-order valence-corrected chi connectivity index (χ1v) is 9.85. The number of benzene rings is 2. The molecule has 3 rings (SSSR count). The van der Waals surface area contributed by atoms with Gasteiger partial charge in [-0.15, -0.1) is 0 Å². The number of carbonyl (C=O) groups is 1. The van der Waals surface area contributed by atoms with E-state index in [0.717, 1.165) is 0 Å². The van der Waals surface area contributed by atoms with Gasteiger partial charge in [0.2, 0.25) is 0 Å². The average Bonchev–Trinajstić information content (AvgIpc) is 2.99. The number of amides is 1. The zero-order valence-corrected chi connectivity index (χ0v) is 16.3. The fourth-order valence-corrected chi connectivity index (χ4v) is 3.52. The van der Waals surface area contributed by atoms with Crippen molar-refractivity contribution in [1.29, 1.82) is 0 Å². The second-order valence-corrected chi connectivity index (χ2v) is 8.13. The fourth-order valence-electron chi connectivity index (χ4n) is 2.20. The summed E-state index contributed by atoms with van der Waals surface area (Å²) in [5, 5.41) is 6.08. The minimum atomic E-state index is -3.86. The molecule has 7 nitrogen and oxygen atoms in total. The van der Waals surface area contributed by atoms with Gasteiger partial charge in [-0.05, 0) is 49.4 Å². The Morgan fingerprint density at radius 3 is 2.44 bits per heavy atom. The summed E-state index contributed by atoms with van der Waals surface area (Å²) in [6, 6.07) is 10.9. The lowest BCUT2D eigenvalue weighted by Crippen LogP contribution is -2.15. The van der Waals surface area contributed by atoms with E-state index < -0.39 is 21.7 Å². The SMILES string of the molecule is Cc1cc(NS(=O)(=O)c2ccc(NC(=O)c3ccc(Br)cc3F)cc2)no1. The number of nitrogens with one attached hydrogen (secondary N) is 2. The maximum absolute atomic E-state index is 13.8. The number of hydrogen-bond donors (Lipinski definition) is 2. The lowest BCUT2D eigenvalue weighted by Gasteiger charge is -2.08. The van der Waals surface area contributed by atoms with Crippen LogP contribution in [0.15, 0.2) is 62.4 Å². The van der Waals surface area contributed by atoms with Crippen LogP contribution in [0, 0.1) is 12.7 Å². The van der Waals surface area contributed by atoms with Crippen LogP contribution in [0.3, 0.4) is 0 Å². The standard InChI is InChI=1S/C17H13BrFN3O4S/c1-10-8-16(21-26-10)22-27(24,25)13-5-3-12(4-6-13)20-17(23)14-7-2-11(18)9-15(14)19/h2-9H,1H3,(H,20,23)(H,21,22). The van der Waals surface area contributed by atoms with Crippen molar-refractivity contribution >= 4 is 43.4 Å². The van der Waals surface area contributed by atoms with Gasteiger partial charge in [-0.3, -0.25) is 9.52 Å². The van der Waals surface area contributed by atoms with Crippen LogP contribution in [-0.2, 0) is 10.0 Å². The number of aromatic nitrogens is 1. The quantitative estimate of drug-likeness (QED) is 0.608. The first-order chi connectivity index (χ1) is 12.7.